The zero-order chi connectivity index (χ0) is 15.3. The summed E-state index contributed by atoms with van der Waals surface area (Å²) >= 11 is 0. The Hall–Kier alpha value is -1.14. The molecule has 6 heteroatoms. The molecule has 0 bridgehead atoms. The lowest BCUT2D eigenvalue weighted by molar-refractivity contribution is -0.154. The van der Waals surface area contributed by atoms with Crippen molar-refractivity contribution in [3.8, 4) is 0 Å². The molecular formula is C14H26N2O4. The van der Waals surface area contributed by atoms with Gasteiger partial charge in [0.2, 0.25) is 5.91 Å². The predicted octanol–water partition coefficient (Wildman–Crippen LogP) is 0.411. The Morgan fingerprint density at radius 2 is 2.10 bits per heavy atom. The first-order chi connectivity index (χ1) is 9.27. The van der Waals surface area contributed by atoms with Gasteiger partial charge in [-0.3, -0.25) is 14.5 Å². The van der Waals surface area contributed by atoms with E-state index in [9.17, 15) is 9.59 Å². The third-order valence-corrected chi connectivity index (χ3v) is 3.31. The SMILES string of the molecule is COC(=O)C(C)(C)CN1CCOCC1C(=O)NC(C)C. The van der Waals surface area contributed by atoms with E-state index < -0.39 is 5.41 Å². The average molecular weight is 286 g/mol. The van der Waals surface area contributed by atoms with Crippen molar-refractivity contribution in [3.63, 3.8) is 0 Å². The molecule has 1 N–H and O–H groups in total. The molecule has 0 aliphatic carbocycles. The summed E-state index contributed by atoms with van der Waals surface area (Å²) in [6, 6.07) is -0.269. The van der Waals surface area contributed by atoms with E-state index in [1.165, 1.54) is 7.11 Å². The predicted molar refractivity (Wildman–Crippen MR) is 75.3 cm³/mol. The van der Waals surface area contributed by atoms with E-state index in [1.807, 2.05) is 32.6 Å². The molecular weight excluding hydrogens is 260 g/mol. The number of esters is 1. The van der Waals surface area contributed by atoms with Gasteiger partial charge in [-0.2, -0.15) is 0 Å². The van der Waals surface area contributed by atoms with E-state index in [4.69, 9.17) is 9.47 Å². The van der Waals surface area contributed by atoms with Crippen LogP contribution in [0.3, 0.4) is 0 Å². The van der Waals surface area contributed by atoms with Gasteiger partial charge in [0.05, 0.1) is 25.7 Å². The van der Waals surface area contributed by atoms with E-state index in [2.05, 4.69) is 5.32 Å². The van der Waals surface area contributed by atoms with Crippen molar-refractivity contribution >= 4 is 11.9 Å². The number of nitrogens with zero attached hydrogens (tertiary/aromatic N) is 1. The van der Waals surface area contributed by atoms with Crippen molar-refractivity contribution in [2.75, 3.05) is 33.4 Å². The molecule has 1 aliphatic rings. The first-order valence-electron chi connectivity index (χ1n) is 6.98. The van der Waals surface area contributed by atoms with Crippen LogP contribution in [0.4, 0.5) is 0 Å². The molecule has 1 amide bonds. The van der Waals surface area contributed by atoms with E-state index in [0.717, 1.165) is 0 Å². The Morgan fingerprint density at radius 3 is 2.65 bits per heavy atom. The number of hydrogen-bond acceptors (Lipinski definition) is 5. The summed E-state index contributed by atoms with van der Waals surface area (Å²) in [5.74, 6) is -0.327. The maximum Gasteiger partial charge on any atom is 0.312 e. The van der Waals surface area contributed by atoms with Crippen molar-refractivity contribution in [1.29, 1.82) is 0 Å². The smallest absolute Gasteiger partial charge is 0.312 e. The number of carbonyl (C=O) groups is 2. The fourth-order valence-electron chi connectivity index (χ4n) is 2.30. The van der Waals surface area contributed by atoms with Gasteiger partial charge in [-0.25, -0.2) is 0 Å². The minimum Gasteiger partial charge on any atom is -0.469 e. The van der Waals surface area contributed by atoms with Gasteiger partial charge in [0.15, 0.2) is 0 Å². The van der Waals surface area contributed by atoms with Crippen LogP contribution in [0.15, 0.2) is 0 Å². The van der Waals surface area contributed by atoms with Gasteiger partial charge in [0, 0.05) is 19.1 Å². The summed E-state index contributed by atoms with van der Waals surface area (Å²) in [6.45, 7) is 9.53. The largest absolute Gasteiger partial charge is 0.469 e. The molecule has 20 heavy (non-hydrogen) atoms. The van der Waals surface area contributed by atoms with Gasteiger partial charge in [-0.05, 0) is 27.7 Å². The molecule has 1 fully saturated rings. The average Bonchev–Trinajstić information content (AvgIpc) is 2.36. The van der Waals surface area contributed by atoms with Crippen molar-refractivity contribution < 1.29 is 19.1 Å². The van der Waals surface area contributed by atoms with Crippen LogP contribution >= 0.6 is 0 Å². The van der Waals surface area contributed by atoms with Crippen LogP contribution in [0.5, 0.6) is 0 Å². The van der Waals surface area contributed by atoms with Gasteiger partial charge in [-0.15, -0.1) is 0 Å². The monoisotopic (exact) mass is 286 g/mol. The van der Waals surface area contributed by atoms with Gasteiger partial charge in [0.1, 0.15) is 6.04 Å². The lowest BCUT2D eigenvalue weighted by Crippen LogP contribution is -2.57. The lowest BCUT2D eigenvalue weighted by Gasteiger charge is -2.38. The van der Waals surface area contributed by atoms with Crippen molar-refractivity contribution in [2.24, 2.45) is 5.41 Å². The van der Waals surface area contributed by atoms with E-state index in [-0.39, 0.29) is 24.0 Å². The minimum atomic E-state index is -0.650. The molecule has 0 aromatic heterocycles. The van der Waals surface area contributed by atoms with Gasteiger partial charge in [-0.1, -0.05) is 0 Å². The number of morpholine rings is 1. The Morgan fingerprint density at radius 1 is 1.45 bits per heavy atom. The third kappa shape index (κ3) is 4.45. The molecule has 1 aliphatic heterocycles. The zero-order valence-corrected chi connectivity index (χ0v) is 13.1. The third-order valence-electron chi connectivity index (χ3n) is 3.31. The zero-order valence-electron chi connectivity index (χ0n) is 13.1. The molecule has 6 nitrogen and oxygen atoms in total. The molecule has 116 valence electrons. The van der Waals surface area contributed by atoms with Gasteiger partial charge in [0.25, 0.3) is 0 Å². The molecule has 1 heterocycles. The summed E-state index contributed by atoms with van der Waals surface area (Å²) in [4.78, 5) is 26.0. The van der Waals surface area contributed by atoms with Crippen LogP contribution in [0.25, 0.3) is 0 Å². The van der Waals surface area contributed by atoms with E-state index >= 15 is 0 Å². The summed E-state index contributed by atoms with van der Waals surface area (Å²) < 4.78 is 10.2. The van der Waals surface area contributed by atoms with Crippen molar-refractivity contribution in [1.82, 2.24) is 10.2 Å². The molecule has 1 rings (SSSR count). The number of ether oxygens (including phenoxy) is 2. The molecule has 0 spiro atoms. The fraction of sp³-hybridized carbons (Fsp3) is 0.857. The topological polar surface area (TPSA) is 67.9 Å². The molecule has 0 saturated carbocycles. The Balaban J connectivity index is 2.74. The highest BCUT2D eigenvalue weighted by atomic mass is 16.5. The minimum absolute atomic E-state index is 0.0552. The van der Waals surface area contributed by atoms with Crippen LogP contribution in [-0.4, -0.2) is 62.3 Å². The highest BCUT2D eigenvalue weighted by Crippen LogP contribution is 2.21. The van der Waals surface area contributed by atoms with Crippen LogP contribution in [0.2, 0.25) is 0 Å². The van der Waals surface area contributed by atoms with E-state index in [1.54, 1.807) is 0 Å². The standard InChI is InChI=1S/C14H26N2O4/c1-10(2)15-12(17)11-8-20-7-6-16(11)9-14(3,4)13(18)19-5/h10-11H,6-9H2,1-5H3,(H,15,17). The first-order valence-corrected chi connectivity index (χ1v) is 6.98. The normalized spacial score (nSPS) is 20.8. The lowest BCUT2D eigenvalue weighted by atomic mass is 9.92. The molecule has 0 aromatic rings. The maximum absolute atomic E-state index is 12.2. The molecule has 0 aromatic carbocycles. The number of amides is 1. The van der Waals surface area contributed by atoms with Crippen LogP contribution in [0.1, 0.15) is 27.7 Å². The van der Waals surface area contributed by atoms with Gasteiger partial charge < -0.3 is 14.8 Å². The van der Waals surface area contributed by atoms with Crippen molar-refractivity contribution in [2.45, 2.75) is 39.8 Å². The van der Waals surface area contributed by atoms with Crippen LogP contribution in [0, 0.1) is 5.41 Å². The second kappa shape index (κ2) is 7.04. The van der Waals surface area contributed by atoms with Crippen LogP contribution < -0.4 is 5.32 Å². The first kappa shape index (κ1) is 16.9. The summed E-state index contributed by atoms with van der Waals surface area (Å²) in [6.07, 6.45) is 0. The quantitative estimate of drug-likeness (QED) is 0.742. The Labute approximate surface area is 120 Å². The summed E-state index contributed by atoms with van der Waals surface area (Å²) in [5, 5.41) is 2.89. The fourth-order valence-corrected chi connectivity index (χ4v) is 2.30. The Kier molecular flexibility index (Phi) is 5.95. The maximum atomic E-state index is 12.2. The summed E-state index contributed by atoms with van der Waals surface area (Å²) in [7, 11) is 1.38. The Bertz CT molecular complexity index is 355. The second-order valence-electron chi connectivity index (χ2n) is 6.10. The molecule has 1 unspecified atom stereocenters. The van der Waals surface area contributed by atoms with Crippen LogP contribution in [-0.2, 0) is 19.1 Å². The number of rotatable bonds is 5. The summed E-state index contributed by atoms with van der Waals surface area (Å²) in [5.41, 5.74) is -0.650. The number of methoxy groups -OCH3 is 1. The van der Waals surface area contributed by atoms with Gasteiger partial charge >= 0.3 is 5.97 Å². The number of hydrogen-bond donors (Lipinski definition) is 1. The molecule has 1 saturated heterocycles. The number of nitrogens with one attached hydrogen (secondary N) is 1. The molecule has 1 atom stereocenters. The van der Waals surface area contributed by atoms with E-state index in [0.29, 0.717) is 26.3 Å². The highest BCUT2D eigenvalue weighted by Gasteiger charge is 2.37. The second-order valence-corrected chi connectivity index (χ2v) is 6.10. The van der Waals surface area contributed by atoms with Crippen molar-refractivity contribution in [3.05, 3.63) is 0 Å². The molecule has 0 radical (unpaired) electrons. The highest BCUT2D eigenvalue weighted by molar-refractivity contribution is 5.82. The number of carbonyl (C=O) groups excluding carboxylic acids is 2.